The van der Waals surface area contributed by atoms with Crippen LogP contribution in [0.5, 0.6) is 0 Å². The molecule has 2 aromatic heterocycles. The van der Waals surface area contributed by atoms with E-state index < -0.39 is 6.23 Å². The second kappa shape index (κ2) is 7.11. The molecule has 0 aliphatic heterocycles. The van der Waals surface area contributed by atoms with Crippen LogP contribution >= 0.6 is 0 Å². The van der Waals surface area contributed by atoms with E-state index in [0.717, 1.165) is 19.3 Å². The lowest BCUT2D eigenvalue weighted by Gasteiger charge is -2.25. The lowest BCUT2D eigenvalue weighted by atomic mass is 9.92. The van der Waals surface area contributed by atoms with Gasteiger partial charge in [0.2, 0.25) is 5.95 Å². The molecule has 2 atom stereocenters. The van der Waals surface area contributed by atoms with Crippen molar-refractivity contribution in [3.63, 3.8) is 0 Å². The Balaban J connectivity index is 1.76. The van der Waals surface area contributed by atoms with E-state index in [2.05, 4.69) is 31.7 Å². The minimum Gasteiger partial charge on any atom is -0.374 e. The summed E-state index contributed by atoms with van der Waals surface area (Å²) in [7, 11) is 0. The SMILES string of the molecule is CC(C)Nc1nc(N[C@H]2CCc3ncccc3C2)ncc1C(N)O. The third-order valence-corrected chi connectivity index (χ3v) is 4.07. The average molecular weight is 328 g/mol. The van der Waals surface area contributed by atoms with Crippen molar-refractivity contribution in [2.24, 2.45) is 5.73 Å². The van der Waals surface area contributed by atoms with Crippen molar-refractivity contribution in [3.05, 3.63) is 41.3 Å². The molecule has 0 radical (unpaired) electrons. The molecule has 128 valence electrons. The largest absolute Gasteiger partial charge is 0.374 e. The van der Waals surface area contributed by atoms with Crippen LogP contribution in [0.1, 0.15) is 43.3 Å². The summed E-state index contributed by atoms with van der Waals surface area (Å²) in [5.41, 5.74) is 8.53. The first kappa shape index (κ1) is 16.6. The van der Waals surface area contributed by atoms with E-state index in [1.807, 2.05) is 26.1 Å². The van der Waals surface area contributed by atoms with E-state index in [1.165, 1.54) is 11.3 Å². The number of aromatic nitrogens is 3. The Labute approximate surface area is 141 Å². The maximum atomic E-state index is 9.67. The van der Waals surface area contributed by atoms with Crippen LogP contribution in [0.15, 0.2) is 24.5 Å². The molecule has 0 fully saturated rings. The van der Waals surface area contributed by atoms with Crippen molar-refractivity contribution in [1.29, 1.82) is 0 Å². The van der Waals surface area contributed by atoms with E-state index in [-0.39, 0.29) is 12.1 Å². The first-order valence-electron chi connectivity index (χ1n) is 8.29. The fourth-order valence-electron chi connectivity index (χ4n) is 2.93. The Morgan fingerprint density at radius 3 is 2.92 bits per heavy atom. The summed E-state index contributed by atoms with van der Waals surface area (Å²) in [5, 5.41) is 16.3. The lowest BCUT2D eigenvalue weighted by molar-refractivity contribution is 0.186. The predicted octanol–water partition coefficient (Wildman–Crippen LogP) is 1.61. The molecule has 1 aliphatic carbocycles. The molecule has 0 bridgehead atoms. The summed E-state index contributed by atoms with van der Waals surface area (Å²) < 4.78 is 0. The Kier molecular flexibility index (Phi) is 4.92. The van der Waals surface area contributed by atoms with E-state index in [1.54, 1.807) is 6.20 Å². The van der Waals surface area contributed by atoms with Crippen LogP contribution in [0.3, 0.4) is 0 Å². The molecule has 24 heavy (non-hydrogen) atoms. The summed E-state index contributed by atoms with van der Waals surface area (Å²) in [6.07, 6.45) is 5.15. The Hall–Kier alpha value is -2.25. The van der Waals surface area contributed by atoms with Crippen molar-refractivity contribution in [3.8, 4) is 0 Å². The number of nitrogens with one attached hydrogen (secondary N) is 2. The fourth-order valence-corrected chi connectivity index (χ4v) is 2.93. The molecular weight excluding hydrogens is 304 g/mol. The number of nitrogens with two attached hydrogens (primary N) is 1. The summed E-state index contributed by atoms with van der Waals surface area (Å²) >= 11 is 0. The average Bonchev–Trinajstić information content (AvgIpc) is 2.54. The van der Waals surface area contributed by atoms with Gasteiger partial charge in [-0.3, -0.25) is 4.98 Å². The van der Waals surface area contributed by atoms with Gasteiger partial charge in [-0.15, -0.1) is 0 Å². The second-order valence-corrected chi connectivity index (χ2v) is 6.43. The second-order valence-electron chi connectivity index (χ2n) is 6.43. The number of pyridine rings is 1. The molecule has 2 aromatic rings. The van der Waals surface area contributed by atoms with Crippen LogP contribution in [0.4, 0.5) is 11.8 Å². The van der Waals surface area contributed by atoms with Gasteiger partial charge in [0.25, 0.3) is 0 Å². The number of rotatable bonds is 5. The van der Waals surface area contributed by atoms with Gasteiger partial charge in [-0.1, -0.05) is 6.07 Å². The van der Waals surface area contributed by atoms with Gasteiger partial charge in [-0.2, -0.15) is 4.98 Å². The number of aliphatic hydroxyl groups excluding tert-OH is 1. The van der Waals surface area contributed by atoms with Crippen LogP contribution < -0.4 is 16.4 Å². The molecule has 0 saturated heterocycles. The van der Waals surface area contributed by atoms with E-state index in [0.29, 0.717) is 17.3 Å². The number of nitrogens with zero attached hydrogens (tertiary/aromatic N) is 3. The number of anilines is 2. The van der Waals surface area contributed by atoms with Crippen molar-refractivity contribution in [1.82, 2.24) is 15.0 Å². The van der Waals surface area contributed by atoms with Crippen LogP contribution in [-0.4, -0.2) is 32.1 Å². The molecule has 7 heteroatoms. The molecular formula is C17H24N6O. The van der Waals surface area contributed by atoms with Crippen LogP contribution in [0, 0.1) is 0 Å². The zero-order valence-electron chi connectivity index (χ0n) is 14.0. The van der Waals surface area contributed by atoms with Gasteiger partial charge in [0, 0.05) is 30.2 Å². The highest BCUT2D eigenvalue weighted by Crippen LogP contribution is 2.23. The quantitative estimate of drug-likeness (QED) is 0.617. The summed E-state index contributed by atoms with van der Waals surface area (Å²) in [6, 6.07) is 4.54. The molecule has 3 rings (SSSR count). The Morgan fingerprint density at radius 2 is 2.17 bits per heavy atom. The van der Waals surface area contributed by atoms with E-state index in [4.69, 9.17) is 5.73 Å². The molecule has 0 amide bonds. The van der Waals surface area contributed by atoms with Crippen molar-refractivity contribution in [2.75, 3.05) is 10.6 Å². The van der Waals surface area contributed by atoms with Crippen molar-refractivity contribution < 1.29 is 5.11 Å². The monoisotopic (exact) mass is 328 g/mol. The van der Waals surface area contributed by atoms with Gasteiger partial charge in [-0.05, 0) is 44.7 Å². The first-order chi connectivity index (χ1) is 11.5. The molecule has 1 aliphatic rings. The maximum Gasteiger partial charge on any atom is 0.224 e. The highest BCUT2D eigenvalue weighted by atomic mass is 16.3. The molecule has 2 heterocycles. The number of aliphatic hydroxyl groups is 1. The summed E-state index contributed by atoms with van der Waals surface area (Å²) in [5.74, 6) is 1.11. The third-order valence-electron chi connectivity index (χ3n) is 4.07. The minimum absolute atomic E-state index is 0.179. The molecule has 0 aromatic carbocycles. The van der Waals surface area contributed by atoms with E-state index >= 15 is 0 Å². The van der Waals surface area contributed by atoms with Crippen molar-refractivity contribution in [2.45, 2.75) is 51.4 Å². The van der Waals surface area contributed by atoms with Gasteiger partial charge in [-0.25, -0.2) is 4.98 Å². The van der Waals surface area contributed by atoms with Crippen LogP contribution in [0.2, 0.25) is 0 Å². The molecule has 5 N–H and O–H groups in total. The van der Waals surface area contributed by atoms with E-state index in [9.17, 15) is 5.11 Å². The zero-order valence-corrected chi connectivity index (χ0v) is 14.0. The Bertz CT molecular complexity index is 703. The molecule has 0 saturated carbocycles. The number of hydrogen-bond donors (Lipinski definition) is 4. The minimum atomic E-state index is -1.10. The molecule has 7 nitrogen and oxygen atoms in total. The zero-order chi connectivity index (χ0) is 17.1. The highest BCUT2D eigenvalue weighted by molar-refractivity contribution is 5.49. The first-order valence-corrected chi connectivity index (χ1v) is 8.29. The Morgan fingerprint density at radius 1 is 1.33 bits per heavy atom. The number of aryl methyl sites for hydroxylation is 1. The normalized spacial score (nSPS) is 18.1. The standard InChI is InChI=1S/C17H24N6O/c1-10(2)21-16-13(15(18)24)9-20-17(23-16)22-12-5-6-14-11(8-12)4-3-7-19-14/h3-4,7,9-10,12,15,24H,5-6,8,18H2,1-2H3,(H2,20,21,22,23)/t12-,15?/m0/s1. The van der Waals surface area contributed by atoms with Gasteiger partial charge in [0.05, 0.1) is 5.56 Å². The number of hydrogen-bond acceptors (Lipinski definition) is 7. The molecule has 0 spiro atoms. The predicted molar refractivity (Wildman–Crippen MR) is 93.6 cm³/mol. The highest BCUT2D eigenvalue weighted by Gasteiger charge is 2.20. The van der Waals surface area contributed by atoms with Crippen LogP contribution in [-0.2, 0) is 12.8 Å². The summed E-state index contributed by atoms with van der Waals surface area (Å²) in [6.45, 7) is 4.01. The van der Waals surface area contributed by atoms with Crippen molar-refractivity contribution >= 4 is 11.8 Å². The smallest absolute Gasteiger partial charge is 0.224 e. The summed E-state index contributed by atoms with van der Waals surface area (Å²) in [4.78, 5) is 13.2. The number of fused-ring (bicyclic) bond motifs is 1. The van der Waals surface area contributed by atoms with Gasteiger partial charge < -0.3 is 21.5 Å². The topological polar surface area (TPSA) is 109 Å². The van der Waals surface area contributed by atoms with Crippen LogP contribution in [0.25, 0.3) is 0 Å². The fraction of sp³-hybridized carbons (Fsp3) is 0.471. The van der Waals surface area contributed by atoms with Gasteiger partial charge in [0.1, 0.15) is 12.0 Å². The third kappa shape index (κ3) is 3.80. The lowest BCUT2D eigenvalue weighted by Crippen LogP contribution is -2.29. The van der Waals surface area contributed by atoms with Gasteiger partial charge in [0.15, 0.2) is 0 Å². The maximum absolute atomic E-state index is 9.67. The molecule has 1 unspecified atom stereocenters. The van der Waals surface area contributed by atoms with Gasteiger partial charge >= 0.3 is 0 Å².